The van der Waals surface area contributed by atoms with Crippen molar-refractivity contribution < 1.29 is 9.59 Å². The summed E-state index contributed by atoms with van der Waals surface area (Å²) in [6.45, 7) is 10.8. The summed E-state index contributed by atoms with van der Waals surface area (Å²) in [5.74, 6) is 1.40. The summed E-state index contributed by atoms with van der Waals surface area (Å²) < 4.78 is 0. The molecule has 0 aromatic rings. The summed E-state index contributed by atoms with van der Waals surface area (Å²) in [6.07, 6.45) is 1.66. The van der Waals surface area contributed by atoms with E-state index in [-0.39, 0.29) is 11.0 Å². The minimum atomic E-state index is 0.146. The van der Waals surface area contributed by atoms with Gasteiger partial charge in [-0.2, -0.15) is 0 Å². The molecule has 0 aliphatic carbocycles. The highest BCUT2D eigenvalue weighted by Gasteiger charge is 2.29. The normalized spacial score (nSPS) is 19.5. The molecule has 1 aliphatic rings. The van der Waals surface area contributed by atoms with E-state index in [1.807, 2.05) is 4.90 Å². The number of likely N-dealkylation sites (tertiary alicyclic amines) is 1. The maximum Gasteiger partial charge on any atom is 0.222 e. The van der Waals surface area contributed by atoms with Crippen molar-refractivity contribution in [3.05, 3.63) is 0 Å². The number of thioether (sulfide) groups is 1. The Morgan fingerprint density at radius 3 is 2.68 bits per heavy atom. The van der Waals surface area contributed by atoms with Crippen LogP contribution in [0.1, 0.15) is 33.6 Å². The Labute approximate surface area is 120 Å². The summed E-state index contributed by atoms with van der Waals surface area (Å²) in [4.78, 5) is 27.1. The first kappa shape index (κ1) is 16.5. The van der Waals surface area contributed by atoms with Crippen LogP contribution >= 0.6 is 11.8 Å². The smallest absolute Gasteiger partial charge is 0.222 e. The maximum atomic E-state index is 11.9. The number of hydrogen-bond donors (Lipinski definition) is 0. The van der Waals surface area contributed by atoms with E-state index >= 15 is 0 Å². The molecular weight excluding hydrogens is 260 g/mol. The van der Waals surface area contributed by atoms with E-state index in [9.17, 15) is 9.59 Å². The first-order valence-electron chi connectivity index (χ1n) is 7.20. The molecule has 0 saturated carbocycles. The lowest BCUT2D eigenvalue weighted by atomic mass is 10.1. The molecule has 1 atom stereocenters. The average Bonchev–Trinajstić information content (AvgIpc) is 2.73. The highest BCUT2D eigenvalue weighted by atomic mass is 32.2. The average molecular weight is 286 g/mol. The molecule has 1 saturated heterocycles. The van der Waals surface area contributed by atoms with Gasteiger partial charge in [-0.1, -0.05) is 25.6 Å². The van der Waals surface area contributed by atoms with Crippen molar-refractivity contribution in [1.82, 2.24) is 9.80 Å². The second kappa shape index (κ2) is 8.59. The van der Waals surface area contributed by atoms with Crippen LogP contribution in [0.2, 0.25) is 0 Å². The molecule has 19 heavy (non-hydrogen) atoms. The van der Waals surface area contributed by atoms with Gasteiger partial charge in [0.15, 0.2) is 5.12 Å². The van der Waals surface area contributed by atoms with Gasteiger partial charge in [0.1, 0.15) is 0 Å². The van der Waals surface area contributed by atoms with Gasteiger partial charge in [0.25, 0.3) is 0 Å². The van der Waals surface area contributed by atoms with E-state index < -0.39 is 0 Å². The molecule has 1 amide bonds. The zero-order valence-electron chi connectivity index (χ0n) is 12.4. The highest BCUT2D eigenvalue weighted by Crippen LogP contribution is 2.22. The second-order valence-electron chi connectivity index (χ2n) is 5.09. The topological polar surface area (TPSA) is 40.6 Å². The number of nitrogens with zero attached hydrogens (tertiary/aromatic N) is 2. The zero-order chi connectivity index (χ0) is 14.3. The van der Waals surface area contributed by atoms with Gasteiger partial charge in [-0.3, -0.25) is 9.59 Å². The van der Waals surface area contributed by atoms with E-state index in [2.05, 4.69) is 18.7 Å². The van der Waals surface area contributed by atoms with Crippen LogP contribution in [0, 0.1) is 5.92 Å². The van der Waals surface area contributed by atoms with Gasteiger partial charge in [-0.15, -0.1) is 0 Å². The van der Waals surface area contributed by atoms with Crippen LogP contribution in [0.4, 0.5) is 0 Å². The summed E-state index contributed by atoms with van der Waals surface area (Å²) in [5, 5.41) is 0.146. The van der Waals surface area contributed by atoms with Gasteiger partial charge in [0.2, 0.25) is 5.91 Å². The van der Waals surface area contributed by atoms with Gasteiger partial charge in [0.05, 0.1) is 0 Å². The Hall–Kier alpha value is -0.550. The van der Waals surface area contributed by atoms with Crippen LogP contribution in [0.3, 0.4) is 0 Å². The van der Waals surface area contributed by atoms with Crippen molar-refractivity contribution in [3.8, 4) is 0 Å². The molecule has 110 valence electrons. The van der Waals surface area contributed by atoms with E-state index in [0.29, 0.717) is 12.3 Å². The Bertz CT molecular complexity index is 306. The molecule has 0 spiro atoms. The van der Waals surface area contributed by atoms with Crippen LogP contribution in [-0.4, -0.2) is 59.3 Å². The van der Waals surface area contributed by atoms with Crippen molar-refractivity contribution >= 4 is 22.8 Å². The number of carbonyl (C=O) groups is 2. The van der Waals surface area contributed by atoms with Gasteiger partial charge in [0, 0.05) is 32.2 Å². The number of hydrogen-bond acceptors (Lipinski definition) is 4. The van der Waals surface area contributed by atoms with Crippen molar-refractivity contribution in [2.75, 3.05) is 38.5 Å². The third-order valence-corrected chi connectivity index (χ3v) is 4.66. The Morgan fingerprint density at radius 2 is 2.11 bits per heavy atom. The summed E-state index contributed by atoms with van der Waals surface area (Å²) >= 11 is 1.34. The van der Waals surface area contributed by atoms with E-state index in [4.69, 9.17) is 0 Å². The molecule has 0 bridgehead atoms. The van der Waals surface area contributed by atoms with Crippen molar-refractivity contribution in [1.29, 1.82) is 0 Å². The number of carbonyl (C=O) groups excluding carboxylic acids is 2. The largest absolute Gasteiger partial charge is 0.342 e. The first-order valence-corrected chi connectivity index (χ1v) is 8.18. The van der Waals surface area contributed by atoms with Gasteiger partial charge in [-0.25, -0.2) is 0 Å². The minimum Gasteiger partial charge on any atom is -0.342 e. The molecule has 1 heterocycles. The first-order chi connectivity index (χ1) is 9.06. The molecule has 0 aromatic heterocycles. The molecule has 1 fully saturated rings. The van der Waals surface area contributed by atoms with Gasteiger partial charge < -0.3 is 9.80 Å². The number of rotatable bonds is 8. The van der Waals surface area contributed by atoms with Crippen molar-refractivity contribution in [3.63, 3.8) is 0 Å². The Kier molecular flexibility index (Phi) is 7.46. The van der Waals surface area contributed by atoms with Crippen LogP contribution < -0.4 is 0 Å². The van der Waals surface area contributed by atoms with Crippen LogP contribution in [0.25, 0.3) is 0 Å². The van der Waals surface area contributed by atoms with E-state index in [1.54, 1.807) is 6.92 Å². The van der Waals surface area contributed by atoms with Crippen LogP contribution in [0.5, 0.6) is 0 Å². The third-order valence-electron chi connectivity index (χ3n) is 3.61. The maximum absolute atomic E-state index is 11.9. The molecule has 1 aliphatic heterocycles. The Morgan fingerprint density at radius 1 is 1.42 bits per heavy atom. The van der Waals surface area contributed by atoms with E-state index in [1.165, 1.54) is 11.8 Å². The zero-order valence-corrected chi connectivity index (χ0v) is 13.2. The third kappa shape index (κ3) is 5.95. The molecular formula is C14H26N2O2S. The molecule has 4 nitrogen and oxygen atoms in total. The quantitative estimate of drug-likeness (QED) is 0.683. The SMILES string of the molecule is CCN(CC)CCCN1CC(CSC(C)=O)CC1=O. The van der Waals surface area contributed by atoms with Crippen molar-refractivity contribution in [2.45, 2.75) is 33.6 Å². The summed E-state index contributed by atoms with van der Waals surface area (Å²) in [5.41, 5.74) is 0. The molecule has 0 aromatic carbocycles. The fourth-order valence-corrected chi connectivity index (χ4v) is 3.14. The van der Waals surface area contributed by atoms with Crippen LogP contribution in [-0.2, 0) is 9.59 Å². The lowest BCUT2D eigenvalue weighted by Crippen LogP contribution is -2.31. The minimum absolute atomic E-state index is 0.146. The molecule has 1 rings (SSSR count). The van der Waals surface area contributed by atoms with Gasteiger partial charge in [-0.05, 0) is 32.0 Å². The van der Waals surface area contributed by atoms with Crippen molar-refractivity contribution in [2.24, 2.45) is 5.92 Å². The predicted molar refractivity (Wildman–Crippen MR) is 80.2 cm³/mol. The summed E-state index contributed by atoms with van der Waals surface area (Å²) in [7, 11) is 0. The van der Waals surface area contributed by atoms with Gasteiger partial charge >= 0.3 is 0 Å². The second-order valence-corrected chi connectivity index (χ2v) is 6.29. The lowest BCUT2D eigenvalue weighted by Gasteiger charge is -2.21. The predicted octanol–water partition coefficient (Wildman–Crippen LogP) is 1.85. The summed E-state index contributed by atoms with van der Waals surface area (Å²) in [6, 6.07) is 0. The monoisotopic (exact) mass is 286 g/mol. The molecule has 0 N–H and O–H groups in total. The molecule has 0 radical (unpaired) electrons. The van der Waals surface area contributed by atoms with Crippen LogP contribution in [0.15, 0.2) is 0 Å². The number of amides is 1. The molecule has 5 heteroatoms. The standard InChI is InChI=1S/C14H26N2O2S/c1-4-15(5-2)7-6-8-16-10-13(9-14(16)18)11-19-12(3)17/h13H,4-11H2,1-3H3. The van der Waals surface area contributed by atoms with E-state index in [0.717, 1.165) is 44.9 Å². The molecule has 1 unspecified atom stereocenters. The lowest BCUT2D eigenvalue weighted by molar-refractivity contribution is -0.127. The fraction of sp³-hybridized carbons (Fsp3) is 0.857. The fourth-order valence-electron chi connectivity index (χ4n) is 2.44. The highest BCUT2D eigenvalue weighted by molar-refractivity contribution is 8.13. The Balaban J connectivity index is 2.24.